The first-order valence-corrected chi connectivity index (χ1v) is 9.53. The van der Waals surface area contributed by atoms with Gasteiger partial charge in [0.05, 0.1) is 33.5 Å². The number of aliphatic hydroxyl groups is 1. The van der Waals surface area contributed by atoms with E-state index in [1.54, 1.807) is 0 Å². The number of aromatic hydroxyl groups is 1. The van der Waals surface area contributed by atoms with Crippen LogP contribution in [-0.4, -0.2) is 31.8 Å². The Balaban J connectivity index is 0.00000210. The van der Waals surface area contributed by atoms with Gasteiger partial charge in [-0.3, -0.25) is 0 Å². The van der Waals surface area contributed by atoms with Crippen molar-refractivity contribution in [3.8, 4) is 5.75 Å². The normalized spacial score (nSPS) is 12.3. The van der Waals surface area contributed by atoms with Gasteiger partial charge in [-0.15, -0.1) is 24.8 Å². The van der Waals surface area contributed by atoms with Crippen LogP contribution in [0.2, 0.25) is 10.0 Å². The number of imidazole rings is 1. The van der Waals surface area contributed by atoms with E-state index in [0.717, 1.165) is 24.0 Å². The van der Waals surface area contributed by atoms with Gasteiger partial charge < -0.3 is 20.1 Å². The first kappa shape index (κ1) is 25.8. The molecule has 3 N–H and O–H groups in total. The lowest BCUT2D eigenvalue weighted by Crippen LogP contribution is -2.42. The summed E-state index contributed by atoms with van der Waals surface area (Å²) in [7, 11) is 0. The number of phenols is 1. The van der Waals surface area contributed by atoms with Crippen molar-refractivity contribution < 1.29 is 10.2 Å². The van der Waals surface area contributed by atoms with Crippen molar-refractivity contribution >= 4 is 59.0 Å². The quantitative estimate of drug-likeness (QED) is 0.424. The lowest BCUT2D eigenvalue weighted by molar-refractivity contribution is 0.158. The molecule has 0 saturated heterocycles. The number of aryl methyl sites for hydroxylation is 1. The summed E-state index contributed by atoms with van der Waals surface area (Å²) >= 11 is 12.0. The maximum atomic E-state index is 10.5. The SMILES string of the molecule is CC(C)(CCn1cnc2ccccc21)NCC(O)c1cc(Cl)c(O)cc1Cl.Cl.Cl. The van der Waals surface area contributed by atoms with Gasteiger partial charge in [0.1, 0.15) is 5.75 Å². The van der Waals surface area contributed by atoms with Gasteiger partial charge >= 0.3 is 0 Å². The molecule has 3 rings (SSSR count). The van der Waals surface area contributed by atoms with E-state index in [0.29, 0.717) is 12.1 Å². The van der Waals surface area contributed by atoms with Crippen LogP contribution in [0.4, 0.5) is 0 Å². The Morgan fingerprint density at radius 2 is 1.83 bits per heavy atom. The molecule has 1 heterocycles. The lowest BCUT2D eigenvalue weighted by Gasteiger charge is -2.28. The number of aliphatic hydroxyl groups excluding tert-OH is 1. The van der Waals surface area contributed by atoms with Gasteiger partial charge in [-0.05, 0) is 38.5 Å². The zero-order valence-corrected chi connectivity index (χ0v) is 19.2. The van der Waals surface area contributed by atoms with Gasteiger partial charge in [0.25, 0.3) is 0 Å². The predicted molar refractivity (Wildman–Crippen MR) is 124 cm³/mol. The molecule has 1 aromatic heterocycles. The Labute approximate surface area is 192 Å². The van der Waals surface area contributed by atoms with Gasteiger partial charge in [0.15, 0.2) is 0 Å². The molecule has 2 aromatic carbocycles. The van der Waals surface area contributed by atoms with Crippen LogP contribution in [0.3, 0.4) is 0 Å². The highest BCUT2D eigenvalue weighted by Crippen LogP contribution is 2.33. The number of nitrogens with zero attached hydrogens (tertiary/aromatic N) is 2. The van der Waals surface area contributed by atoms with Gasteiger partial charge in [-0.2, -0.15) is 0 Å². The van der Waals surface area contributed by atoms with Crippen LogP contribution < -0.4 is 5.32 Å². The van der Waals surface area contributed by atoms with Crippen molar-refractivity contribution in [2.24, 2.45) is 0 Å². The van der Waals surface area contributed by atoms with E-state index < -0.39 is 6.10 Å². The number of halogens is 4. The molecule has 0 radical (unpaired) electrons. The molecule has 1 unspecified atom stereocenters. The highest BCUT2D eigenvalue weighted by atomic mass is 35.5. The number of rotatable bonds is 7. The topological polar surface area (TPSA) is 70.3 Å². The summed E-state index contributed by atoms with van der Waals surface area (Å²) in [4.78, 5) is 4.41. The van der Waals surface area contributed by atoms with E-state index in [9.17, 15) is 10.2 Å². The Morgan fingerprint density at radius 3 is 2.55 bits per heavy atom. The Bertz CT molecular complexity index is 947. The number of fused-ring (bicyclic) bond motifs is 1. The Morgan fingerprint density at radius 1 is 1.14 bits per heavy atom. The predicted octanol–water partition coefficient (Wildman–Crippen LogP) is 5.38. The highest BCUT2D eigenvalue weighted by Gasteiger charge is 2.21. The number of benzene rings is 2. The largest absolute Gasteiger partial charge is 0.506 e. The molecule has 29 heavy (non-hydrogen) atoms. The smallest absolute Gasteiger partial charge is 0.135 e. The van der Waals surface area contributed by atoms with Gasteiger partial charge in [-0.1, -0.05) is 35.3 Å². The number of nitrogens with one attached hydrogen (secondary N) is 1. The number of para-hydroxylation sites is 2. The minimum absolute atomic E-state index is 0. The van der Waals surface area contributed by atoms with Crippen molar-refractivity contribution in [3.05, 3.63) is 58.3 Å². The summed E-state index contributed by atoms with van der Waals surface area (Å²) in [6.07, 6.45) is 1.88. The minimum Gasteiger partial charge on any atom is -0.506 e. The first-order valence-electron chi connectivity index (χ1n) is 8.78. The number of aromatic nitrogens is 2. The molecule has 9 heteroatoms. The van der Waals surface area contributed by atoms with Crippen molar-refractivity contribution in [3.63, 3.8) is 0 Å². The molecule has 1 atom stereocenters. The second kappa shape index (κ2) is 10.7. The van der Waals surface area contributed by atoms with Gasteiger partial charge in [0.2, 0.25) is 0 Å². The molecule has 0 spiro atoms. The molecule has 3 aromatic rings. The van der Waals surface area contributed by atoms with Gasteiger partial charge in [0, 0.05) is 30.3 Å². The van der Waals surface area contributed by atoms with E-state index in [2.05, 4.69) is 34.8 Å². The molecule has 0 aliphatic heterocycles. The molecule has 0 bridgehead atoms. The zero-order valence-electron chi connectivity index (χ0n) is 16.1. The van der Waals surface area contributed by atoms with E-state index in [1.807, 2.05) is 24.5 Å². The van der Waals surface area contributed by atoms with Crippen LogP contribution in [-0.2, 0) is 6.54 Å². The van der Waals surface area contributed by atoms with Crippen LogP contribution >= 0.6 is 48.0 Å². The van der Waals surface area contributed by atoms with Crippen LogP contribution in [0.5, 0.6) is 5.75 Å². The molecule has 0 amide bonds. The maximum absolute atomic E-state index is 10.5. The molecule has 160 valence electrons. The third-order valence-corrected chi connectivity index (χ3v) is 5.33. The molecular weight excluding hydrogens is 456 g/mol. The van der Waals surface area contributed by atoms with E-state index in [1.165, 1.54) is 12.1 Å². The fourth-order valence-corrected chi connectivity index (χ4v) is 3.42. The van der Waals surface area contributed by atoms with E-state index >= 15 is 0 Å². The molecule has 0 fully saturated rings. The number of β-amino-alcohol motifs (C(OH)–C–C–N with tert-alkyl or cyclic N) is 1. The minimum atomic E-state index is -0.830. The monoisotopic (exact) mass is 479 g/mol. The highest BCUT2D eigenvalue weighted by molar-refractivity contribution is 6.34. The third-order valence-electron chi connectivity index (χ3n) is 4.70. The molecule has 0 aliphatic rings. The fraction of sp³-hybridized carbons (Fsp3) is 0.350. The number of hydrogen-bond donors (Lipinski definition) is 3. The second-order valence-electron chi connectivity index (χ2n) is 7.28. The summed E-state index contributed by atoms with van der Waals surface area (Å²) in [5, 5.41) is 23.9. The van der Waals surface area contributed by atoms with E-state index in [-0.39, 0.29) is 46.1 Å². The first-order chi connectivity index (χ1) is 12.8. The maximum Gasteiger partial charge on any atom is 0.135 e. The van der Waals surface area contributed by atoms with Crippen LogP contribution in [0.1, 0.15) is 31.9 Å². The van der Waals surface area contributed by atoms with Crippen molar-refractivity contribution in [2.45, 2.75) is 38.5 Å². The van der Waals surface area contributed by atoms with Crippen LogP contribution in [0, 0.1) is 0 Å². The average Bonchev–Trinajstić information content (AvgIpc) is 3.04. The lowest BCUT2D eigenvalue weighted by atomic mass is 9.99. The number of phenolic OH excluding ortho intramolecular Hbond substituents is 1. The van der Waals surface area contributed by atoms with Gasteiger partial charge in [-0.25, -0.2) is 4.98 Å². The van der Waals surface area contributed by atoms with Crippen molar-refractivity contribution in [2.75, 3.05) is 6.54 Å². The van der Waals surface area contributed by atoms with Crippen molar-refractivity contribution in [1.29, 1.82) is 0 Å². The molecule has 0 saturated carbocycles. The summed E-state index contributed by atoms with van der Waals surface area (Å²) in [6, 6.07) is 10.9. The molecule has 5 nitrogen and oxygen atoms in total. The molecule has 0 aliphatic carbocycles. The standard InChI is InChI=1S/C20H23Cl2N3O2.2ClH/c1-20(2,7-8-25-12-23-16-5-3-4-6-17(16)25)24-11-19(27)13-9-15(22)18(26)10-14(13)21;;/h3-6,9-10,12,19,24,26-27H,7-8,11H2,1-2H3;2*1H. The average molecular weight is 481 g/mol. The van der Waals surface area contributed by atoms with Crippen LogP contribution in [0.25, 0.3) is 11.0 Å². The summed E-state index contributed by atoms with van der Waals surface area (Å²) < 4.78 is 2.13. The number of hydrogen-bond acceptors (Lipinski definition) is 4. The molecular formula is C20H25Cl4N3O2. The Kier molecular flexibility index (Phi) is 9.54. The van der Waals surface area contributed by atoms with Crippen molar-refractivity contribution in [1.82, 2.24) is 14.9 Å². The Hall–Kier alpha value is -1.21. The van der Waals surface area contributed by atoms with E-state index in [4.69, 9.17) is 23.2 Å². The zero-order chi connectivity index (χ0) is 19.6. The summed E-state index contributed by atoms with van der Waals surface area (Å²) in [5.41, 5.74) is 2.37. The third kappa shape index (κ3) is 6.38. The fourth-order valence-electron chi connectivity index (χ4n) is 2.97. The summed E-state index contributed by atoms with van der Waals surface area (Å²) in [5.74, 6) is -0.0986. The van der Waals surface area contributed by atoms with Crippen LogP contribution in [0.15, 0.2) is 42.7 Å². The summed E-state index contributed by atoms with van der Waals surface area (Å²) in [6.45, 7) is 5.30. The second-order valence-corrected chi connectivity index (χ2v) is 8.10.